The van der Waals surface area contributed by atoms with E-state index in [1.807, 2.05) is 18.2 Å². The van der Waals surface area contributed by atoms with Gasteiger partial charge in [0, 0.05) is 13.6 Å². The summed E-state index contributed by atoms with van der Waals surface area (Å²) in [5.41, 5.74) is 0.819. The van der Waals surface area contributed by atoms with Gasteiger partial charge in [0.1, 0.15) is 11.8 Å². The highest BCUT2D eigenvalue weighted by molar-refractivity contribution is 5.89. The van der Waals surface area contributed by atoms with E-state index < -0.39 is 6.04 Å². The zero-order chi connectivity index (χ0) is 16.3. The molecule has 1 heterocycles. The Morgan fingerprint density at radius 2 is 2.18 bits per heavy atom. The number of aliphatic hydroxyl groups excluding tert-OH is 1. The fourth-order valence-corrected chi connectivity index (χ4v) is 2.86. The molecule has 1 N–H and O–H groups in total. The lowest BCUT2D eigenvalue weighted by atomic mass is 10.0. The summed E-state index contributed by atoms with van der Waals surface area (Å²) in [5, 5.41) is 9.53. The minimum atomic E-state index is -0.561. The Balaban J connectivity index is 2.17. The van der Waals surface area contributed by atoms with E-state index in [-0.39, 0.29) is 30.9 Å². The molecule has 6 nitrogen and oxygen atoms in total. The molecule has 1 aromatic rings. The molecule has 2 rings (SSSR count). The van der Waals surface area contributed by atoms with Gasteiger partial charge in [-0.3, -0.25) is 9.59 Å². The summed E-state index contributed by atoms with van der Waals surface area (Å²) < 4.78 is 5.15. The van der Waals surface area contributed by atoms with Crippen molar-refractivity contribution in [3.63, 3.8) is 0 Å². The van der Waals surface area contributed by atoms with E-state index in [1.54, 1.807) is 32.0 Å². The van der Waals surface area contributed by atoms with E-state index in [9.17, 15) is 14.7 Å². The van der Waals surface area contributed by atoms with Gasteiger partial charge in [-0.2, -0.15) is 0 Å². The molecule has 1 aliphatic heterocycles. The third-order valence-electron chi connectivity index (χ3n) is 4.02. The van der Waals surface area contributed by atoms with Crippen LogP contribution in [0, 0.1) is 0 Å². The molecule has 0 aliphatic carbocycles. The highest BCUT2D eigenvalue weighted by Crippen LogP contribution is 2.19. The number of amides is 2. The maximum atomic E-state index is 12.6. The number of hydrogen-bond donors (Lipinski definition) is 1. The molecule has 0 aromatic heterocycles. The molecule has 0 spiro atoms. The molecule has 1 aliphatic rings. The quantitative estimate of drug-likeness (QED) is 0.868. The van der Waals surface area contributed by atoms with E-state index in [4.69, 9.17) is 4.74 Å². The van der Waals surface area contributed by atoms with Gasteiger partial charge in [-0.15, -0.1) is 0 Å². The topological polar surface area (TPSA) is 70.1 Å². The highest BCUT2D eigenvalue weighted by Gasteiger charge is 2.38. The molecular formula is C16H22N2O4. The van der Waals surface area contributed by atoms with E-state index in [1.165, 1.54) is 4.90 Å². The van der Waals surface area contributed by atoms with Crippen molar-refractivity contribution >= 4 is 11.8 Å². The number of methoxy groups -OCH3 is 1. The third-order valence-corrected chi connectivity index (χ3v) is 4.02. The Morgan fingerprint density at radius 3 is 2.82 bits per heavy atom. The van der Waals surface area contributed by atoms with Crippen molar-refractivity contribution in [1.29, 1.82) is 0 Å². The van der Waals surface area contributed by atoms with Gasteiger partial charge in [-0.1, -0.05) is 12.1 Å². The smallest absolute Gasteiger partial charge is 0.244 e. The molecule has 6 heteroatoms. The van der Waals surface area contributed by atoms with Crippen LogP contribution in [-0.2, 0) is 16.0 Å². The molecule has 120 valence electrons. The summed E-state index contributed by atoms with van der Waals surface area (Å²) in [6.07, 6.45) is 0.176. The lowest BCUT2D eigenvalue weighted by Crippen LogP contribution is -2.62. The van der Waals surface area contributed by atoms with Crippen molar-refractivity contribution in [2.45, 2.75) is 25.4 Å². The van der Waals surface area contributed by atoms with Crippen LogP contribution in [0.1, 0.15) is 12.5 Å². The zero-order valence-corrected chi connectivity index (χ0v) is 13.2. The first-order valence-corrected chi connectivity index (χ1v) is 7.27. The van der Waals surface area contributed by atoms with E-state index in [0.717, 1.165) is 5.56 Å². The number of hydrogen-bond acceptors (Lipinski definition) is 4. The SMILES string of the molecule is COc1cccc(CC(=O)N2[C@@H](CO)CN(C)C(=O)[C@@H]2C)c1. The van der Waals surface area contributed by atoms with Crippen LogP contribution in [0.15, 0.2) is 24.3 Å². The van der Waals surface area contributed by atoms with Crippen molar-refractivity contribution in [2.75, 3.05) is 27.3 Å². The molecule has 2 amide bonds. The van der Waals surface area contributed by atoms with Gasteiger partial charge in [0.2, 0.25) is 11.8 Å². The molecule has 0 radical (unpaired) electrons. The van der Waals surface area contributed by atoms with Crippen LogP contribution in [0.4, 0.5) is 0 Å². The van der Waals surface area contributed by atoms with Gasteiger partial charge in [-0.05, 0) is 24.6 Å². The van der Waals surface area contributed by atoms with Crippen LogP contribution >= 0.6 is 0 Å². The number of piperazine rings is 1. The second-order valence-corrected chi connectivity index (χ2v) is 5.56. The Morgan fingerprint density at radius 1 is 1.45 bits per heavy atom. The average molecular weight is 306 g/mol. The largest absolute Gasteiger partial charge is 0.497 e. The molecule has 0 bridgehead atoms. The third kappa shape index (κ3) is 3.22. The summed E-state index contributed by atoms with van der Waals surface area (Å²) in [6, 6.07) is 6.35. The first-order valence-electron chi connectivity index (χ1n) is 7.27. The highest BCUT2D eigenvalue weighted by atomic mass is 16.5. The van der Waals surface area contributed by atoms with E-state index in [0.29, 0.717) is 12.3 Å². The summed E-state index contributed by atoms with van der Waals surface area (Å²) in [6.45, 7) is 1.89. The fourth-order valence-electron chi connectivity index (χ4n) is 2.86. The van der Waals surface area contributed by atoms with Crippen LogP contribution in [-0.4, -0.2) is 66.1 Å². The molecule has 0 unspecified atom stereocenters. The van der Waals surface area contributed by atoms with Crippen LogP contribution in [0.3, 0.4) is 0 Å². The lowest BCUT2D eigenvalue weighted by Gasteiger charge is -2.43. The van der Waals surface area contributed by atoms with E-state index >= 15 is 0 Å². The molecule has 2 atom stereocenters. The number of carbonyl (C=O) groups is 2. The number of rotatable bonds is 4. The van der Waals surface area contributed by atoms with Crippen molar-refractivity contribution in [3.8, 4) is 5.75 Å². The number of likely N-dealkylation sites (N-methyl/N-ethyl adjacent to an activating group) is 1. The van der Waals surface area contributed by atoms with Crippen LogP contribution < -0.4 is 4.74 Å². The standard InChI is InChI=1S/C16H22N2O4/c1-11-16(21)17(2)9-13(10-19)18(11)15(20)8-12-5-4-6-14(7-12)22-3/h4-7,11,13,19H,8-10H2,1-3H3/t11-,13+/m0/s1. The number of benzene rings is 1. The first kappa shape index (κ1) is 16.3. The second-order valence-electron chi connectivity index (χ2n) is 5.56. The summed E-state index contributed by atoms with van der Waals surface area (Å²) in [4.78, 5) is 27.7. The minimum Gasteiger partial charge on any atom is -0.497 e. The molecule has 1 aromatic carbocycles. The van der Waals surface area contributed by atoms with Gasteiger partial charge in [0.05, 0.1) is 26.2 Å². The van der Waals surface area contributed by atoms with Crippen LogP contribution in [0.25, 0.3) is 0 Å². The number of carbonyl (C=O) groups excluding carboxylic acids is 2. The Bertz CT molecular complexity index is 561. The lowest BCUT2D eigenvalue weighted by molar-refractivity contribution is -0.154. The van der Waals surface area contributed by atoms with Crippen molar-refractivity contribution < 1.29 is 19.4 Å². The van der Waals surface area contributed by atoms with Crippen molar-refractivity contribution in [2.24, 2.45) is 0 Å². The van der Waals surface area contributed by atoms with Gasteiger partial charge in [-0.25, -0.2) is 0 Å². The minimum absolute atomic E-state index is 0.108. The van der Waals surface area contributed by atoms with E-state index in [2.05, 4.69) is 0 Å². The summed E-state index contributed by atoms with van der Waals surface area (Å²) >= 11 is 0. The van der Waals surface area contributed by atoms with Gasteiger partial charge in [0.25, 0.3) is 0 Å². The fraction of sp³-hybridized carbons (Fsp3) is 0.500. The zero-order valence-electron chi connectivity index (χ0n) is 13.2. The summed E-state index contributed by atoms with van der Waals surface area (Å²) in [7, 11) is 3.26. The monoisotopic (exact) mass is 306 g/mol. The van der Waals surface area contributed by atoms with Crippen molar-refractivity contribution in [1.82, 2.24) is 9.80 Å². The predicted molar refractivity (Wildman–Crippen MR) is 81.5 cm³/mol. The Kier molecular flexibility index (Phi) is 5.03. The number of aliphatic hydroxyl groups is 1. The molecule has 1 fully saturated rings. The molecule has 22 heavy (non-hydrogen) atoms. The maximum Gasteiger partial charge on any atom is 0.244 e. The van der Waals surface area contributed by atoms with Crippen molar-refractivity contribution in [3.05, 3.63) is 29.8 Å². The van der Waals surface area contributed by atoms with Crippen LogP contribution in [0.2, 0.25) is 0 Å². The molecule has 1 saturated heterocycles. The predicted octanol–water partition coefficient (Wildman–Crippen LogP) is 0.288. The Labute approximate surface area is 130 Å². The van der Waals surface area contributed by atoms with Crippen LogP contribution in [0.5, 0.6) is 5.75 Å². The second kappa shape index (κ2) is 6.79. The molecule has 0 saturated carbocycles. The number of nitrogens with zero attached hydrogens (tertiary/aromatic N) is 2. The maximum absolute atomic E-state index is 12.6. The van der Waals surface area contributed by atoms with Gasteiger partial charge >= 0.3 is 0 Å². The molecular weight excluding hydrogens is 284 g/mol. The van der Waals surface area contributed by atoms with Gasteiger partial charge in [0.15, 0.2) is 0 Å². The summed E-state index contributed by atoms with van der Waals surface area (Å²) in [5.74, 6) is 0.413. The normalized spacial score (nSPS) is 21.9. The van der Waals surface area contributed by atoms with Gasteiger partial charge < -0.3 is 19.6 Å². The average Bonchev–Trinajstić information content (AvgIpc) is 2.52. The first-order chi connectivity index (χ1) is 10.5. The number of ether oxygens (including phenoxy) is 1. The Hall–Kier alpha value is -2.08.